The van der Waals surface area contributed by atoms with Crippen molar-refractivity contribution >= 4 is 22.9 Å². The summed E-state index contributed by atoms with van der Waals surface area (Å²) >= 11 is 0. The predicted octanol–water partition coefficient (Wildman–Crippen LogP) is 4.51. The number of fused-ring (bicyclic) bond motifs is 1. The summed E-state index contributed by atoms with van der Waals surface area (Å²) < 4.78 is 5.33. The Morgan fingerprint density at radius 2 is 1.81 bits per heavy atom. The van der Waals surface area contributed by atoms with Crippen LogP contribution >= 0.6 is 0 Å². The van der Waals surface area contributed by atoms with E-state index in [4.69, 9.17) is 4.74 Å². The summed E-state index contributed by atoms with van der Waals surface area (Å²) in [5, 5.41) is 8.83. The summed E-state index contributed by atoms with van der Waals surface area (Å²) in [4.78, 5) is 10.8. The summed E-state index contributed by atoms with van der Waals surface area (Å²) in [6.07, 6.45) is 3.34. The van der Waals surface area contributed by atoms with E-state index in [-0.39, 0.29) is 6.04 Å². The Morgan fingerprint density at radius 1 is 1.04 bits per heavy atom. The molecule has 3 aromatic carbocycles. The van der Waals surface area contributed by atoms with Crippen molar-refractivity contribution in [2.45, 2.75) is 18.9 Å². The van der Waals surface area contributed by atoms with Gasteiger partial charge in [-0.3, -0.25) is 4.79 Å². The molecule has 1 unspecified atom stereocenters. The van der Waals surface area contributed by atoms with Gasteiger partial charge in [0.15, 0.2) is 0 Å². The van der Waals surface area contributed by atoms with Crippen LogP contribution in [0.25, 0.3) is 10.8 Å². The lowest BCUT2D eigenvalue weighted by Crippen LogP contribution is -2.24. The molecule has 0 spiro atoms. The van der Waals surface area contributed by atoms with Crippen molar-refractivity contribution in [2.75, 3.05) is 19.0 Å². The van der Waals surface area contributed by atoms with E-state index >= 15 is 0 Å². The summed E-state index contributed by atoms with van der Waals surface area (Å²) in [6.45, 7) is 1.01. The minimum atomic E-state index is 0.0884. The lowest BCUT2D eigenvalue weighted by atomic mass is 9.95. The number of rotatable bonds is 8. The highest BCUT2D eigenvalue weighted by atomic mass is 16.5. The Labute approximate surface area is 159 Å². The third-order valence-electron chi connectivity index (χ3n) is 5.16. The number of carbonyl (C=O) groups excluding carboxylic acids is 1. The van der Waals surface area contributed by atoms with Crippen molar-refractivity contribution in [3.8, 4) is 5.75 Å². The second-order valence-corrected chi connectivity index (χ2v) is 7.14. The van der Waals surface area contributed by atoms with Crippen LogP contribution in [0.5, 0.6) is 5.75 Å². The van der Waals surface area contributed by atoms with Gasteiger partial charge in [-0.05, 0) is 77.5 Å². The molecule has 1 aliphatic carbocycles. The second kappa shape index (κ2) is 7.80. The number of amides is 1. The first kappa shape index (κ1) is 17.6. The van der Waals surface area contributed by atoms with Crippen LogP contribution in [0, 0.1) is 5.92 Å². The Morgan fingerprint density at radius 3 is 2.59 bits per heavy atom. The minimum absolute atomic E-state index is 0.0884. The van der Waals surface area contributed by atoms with Gasteiger partial charge in [-0.2, -0.15) is 0 Å². The molecule has 1 amide bonds. The SMILES string of the molecule is COc1ccc2cc(C(NCC3CC3)c3cccc(NC=O)c3)ccc2c1. The molecule has 0 saturated heterocycles. The highest BCUT2D eigenvalue weighted by Gasteiger charge is 2.23. The molecule has 4 rings (SSSR count). The predicted molar refractivity (Wildman–Crippen MR) is 109 cm³/mol. The third-order valence-corrected chi connectivity index (χ3v) is 5.16. The minimum Gasteiger partial charge on any atom is -0.497 e. The first-order valence-electron chi connectivity index (χ1n) is 9.38. The maximum atomic E-state index is 10.8. The number of anilines is 1. The quantitative estimate of drug-likeness (QED) is 0.581. The molecule has 0 aromatic heterocycles. The molecular weight excluding hydrogens is 336 g/mol. The molecule has 0 heterocycles. The van der Waals surface area contributed by atoms with Crippen LogP contribution in [0.1, 0.15) is 30.0 Å². The van der Waals surface area contributed by atoms with Crippen LogP contribution in [0.4, 0.5) is 5.69 Å². The molecule has 3 aromatic rings. The molecule has 1 fully saturated rings. The van der Waals surface area contributed by atoms with Crippen molar-refractivity contribution < 1.29 is 9.53 Å². The average molecular weight is 360 g/mol. The third kappa shape index (κ3) is 4.12. The smallest absolute Gasteiger partial charge is 0.211 e. The summed E-state index contributed by atoms with van der Waals surface area (Å²) in [7, 11) is 1.69. The van der Waals surface area contributed by atoms with E-state index in [0.717, 1.165) is 41.3 Å². The zero-order valence-electron chi connectivity index (χ0n) is 15.4. The van der Waals surface area contributed by atoms with E-state index in [9.17, 15) is 4.79 Å². The van der Waals surface area contributed by atoms with Gasteiger partial charge < -0.3 is 15.4 Å². The van der Waals surface area contributed by atoms with Crippen LogP contribution in [0.3, 0.4) is 0 Å². The molecule has 138 valence electrons. The average Bonchev–Trinajstić information content (AvgIpc) is 3.53. The van der Waals surface area contributed by atoms with E-state index in [1.165, 1.54) is 23.8 Å². The molecular formula is C23H24N2O2. The normalized spacial score (nSPS) is 14.7. The van der Waals surface area contributed by atoms with Crippen molar-refractivity contribution in [1.29, 1.82) is 0 Å². The van der Waals surface area contributed by atoms with Gasteiger partial charge in [0.2, 0.25) is 6.41 Å². The molecule has 1 saturated carbocycles. The molecule has 0 radical (unpaired) electrons. The molecule has 4 heteroatoms. The standard InChI is InChI=1S/C23H24N2O2/c1-27-22-10-9-17-11-20(8-7-18(17)13-22)23(24-14-16-5-6-16)19-3-2-4-21(12-19)25-15-26/h2-4,7-13,15-16,23-24H,5-6,14H2,1H3,(H,25,26). The zero-order chi connectivity index (χ0) is 18.6. The Balaban J connectivity index is 1.69. The fourth-order valence-electron chi connectivity index (χ4n) is 3.46. The van der Waals surface area contributed by atoms with Crippen LogP contribution in [-0.4, -0.2) is 20.1 Å². The Hall–Kier alpha value is -2.85. The van der Waals surface area contributed by atoms with E-state index in [1.54, 1.807) is 7.11 Å². The lowest BCUT2D eigenvalue weighted by Gasteiger charge is -2.21. The number of nitrogens with one attached hydrogen (secondary N) is 2. The molecule has 4 nitrogen and oxygen atoms in total. The number of carbonyl (C=O) groups is 1. The number of methoxy groups -OCH3 is 1. The lowest BCUT2D eigenvalue weighted by molar-refractivity contribution is -0.105. The van der Waals surface area contributed by atoms with Gasteiger partial charge in [-0.15, -0.1) is 0 Å². The van der Waals surface area contributed by atoms with Gasteiger partial charge in [0.1, 0.15) is 5.75 Å². The van der Waals surface area contributed by atoms with Gasteiger partial charge in [-0.25, -0.2) is 0 Å². The molecule has 2 N–H and O–H groups in total. The number of benzene rings is 3. The maximum absolute atomic E-state index is 10.8. The van der Waals surface area contributed by atoms with Crippen molar-refractivity contribution in [2.24, 2.45) is 5.92 Å². The summed E-state index contributed by atoms with van der Waals surface area (Å²) in [5.41, 5.74) is 3.18. The monoisotopic (exact) mass is 360 g/mol. The zero-order valence-corrected chi connectivity index (χ0v) is 15.4. The fourth-order valence-corrected chi connectivity index (χ4v) is 3.46. The van der Waals surface area contributed by atoms with Crippen molar-refractivity contribution in [3.05, 3.63) is 71.8 Å². The largest absolute Gasteiger partial charge is 0.497 e. The van der Waals surface area contributed by atoms with Crippen LogP contribution in [0.2, 0.25) is 0 Å². The number of hydrogen-bond donors (Lipinski definition) is 2. The first-order chi connectivity index (χ1) is 13.3. The summed E-state index contributed by atoms with van der Waals surface area (Å²) in [6, 6.07) is 20.8. The van der Waals surface area contributed by atoms with Crippen molar-refractivity contribution in [1.82, 2.24) is 5.32 Å². The van der Waals surface area contributed by atoms with Gasteiger partial charge in [0, 0.05) is 5.69 Å². The molecule has 0 bridgehead atoms. The molecule has 1 aliphatic rings. The topological polar surface area (TPSA) is 50.4 Å². The second-order valence-electron chi connectivity index (χ2n) is 7.14. The Bertz CT molecular complexity index is 950. The summed E-state index contributed by atoms with van der Waals surface area (Å²) in [5.74, 6) is 1.65. The van der Waals surface area contributed by atoms with Crippen LogP contribution in [-0.2, 0) is 4.79 Å². The highest BCUT2D eigenvalue weighted by Crippen LogP contribution is 2.32. The van der Waals surface area contributed by atoms with E-state index in [1.807, 2.05) is 24.3 Å². The van der Waals surface area contributed by atoms with E-state index < -0.39 is 0 Å². The van der Waals surface area contributed by atoms with Crippen LogP contribution < -0.4 is 15.4 Å². The maximum Gasteiger partial charge on any atom is 0.211 e. The molecule has 1 atom stereocenters. The fraction of sp³-hybridized carbons (Fsp3) is 0.261. The number of hydrogen-bond acceptors (Lipinski definition) is 3. The van der Waals surface area contributed by atoms with E-state index in [2.05, 4.69) is 47.0 Å². The first-order valence-corrected chi connectivity index (χ1v) is 9.38. The number of ether oxygens (including phenoxy) is 1. The van der Waals surface area contributed by atoms with Gasteiger partial charge >= 0.3 is 0 Å². The van der Waals surface area contributed by atoms with Gasteiger partial charge in [0.25, 0.3) is 0 Å². The molecule has 0 aliphatic heterocycles. The van der Waals surface area contributed by atoms with Gasteiger partial charge in [0.05, 0.1) is 13.2 Å². The van der Waals surface area contributed by atoms with Crippen LogP contribution in [0.15, 0.2) is 60.7 Å². The van der Waals surface area contributed by atoms with Gasteiger partial charge in [-0.1, -0.05) is 30.3 Å². The van der Waals surface area contributed by atoms with E-state index in [0.29, 0.717) is 0 Å². The molecule has 27 heavy (non-hydrogen) atoms. The Kier molecular flexibility index (Phi) is 5.07. The highest BCUT2D eigenvalue weighted by molar-refractivity contribution is 5.84. The van der Waals surface area contributed by atoms with Crippen molar-refractivity contribution in [3.63, 3.8) is 0 Å².